The average molecular weight is 1050 g/mol. The highest BCUT2D eigenvalue weighted by Gasteiger charge is 2.19. The first-order valence-corrected chi connectivity index (χ1v) is 29.1. The predicted molar refractivity (Wildman–Crippen MR) is 347 cm³/mol. The Morgan fingerprint density at radius 2 is 0.519 bits per heavy atom. The van der Waals surface area contributed by atoms with Crippen LogP contribution in [0.3, 0.4) is 0 Å². The Bertz CT molecular complexity index is 3260. The quantitative estimate of drug-likeness (QED) is 0.0592. The van der Waals surface area contributed by atoms with Gasteiger partial charge >= 0.3 is 0 Å². The third-order valence-electron chi connectivity index (χ3n) is 15.4. The maximum atomic E-state index is 2.60. The van der Waals surface area contributed by atoms with Gasteiger partial charge in [0.1, 0.15) is 0 Å². The molecule has 0 radical (unpaired) electrons. The number of rotatable bonds is 23. The number of hydrogen-bond donors (Lipinski definition) is 0. The lowest BCUT2D eigenvalue weighted by molar-refractivity contribution is 0.553. The van der Waals surface area contributed by atoms with E-state index in [1.54, 1.807) is 0 Å². The minimum atomic E-state index is 0.942. The van der Waals surface area contributed by atoms with Crippen molar-refractivity contribution in [2.75, 3.05) is 9.80 Å². The second-order valence-electron chi connectivity index (χ2n) is 20.9. The zero-order valence-corrected chi connectivity index (χ0v) is 46.6. The number of anilines is 2. The molecule has 0 amide bonds. The predicted octanol–water partition coefficient (Wildman–Crippen LogP) is 20.9. The van der Waals surface area contributed by atoms with Crippen molar-refractivity contribution < 1.29 is 0 Å². The SMILES string of the molecule is CCCCCCCCCCn1c2ccc(N(C=C(c3ccccc3)c3ccccc3)C=C(c3ccccc3)c3ccccc3)cc2c2cc(N(C=C(c3ccccc3)c3ccccc3)C=C(c3ccccc3)c3ccccc3)ccc21. The maximum absolute atomic E-state index is 2.60. The van der Waals surface area contributed by atoms with Crippen LogP contribution in [0.4, 0.5) is 11.4 Å². The highest BCUT2D eigenvalue weighted by atomic mass is 15.1. The number of aryl methyl sites for hydroxylation is 1. The first-order valence-electron chi connectivity index (χ1n) is 29.1. The van der Waals surface area contributed by atoms with Gasteiger partial charge in [0, 0.05) is 86.8 Å². The summed E-state index contributed by atoms with van der Waals surface area (Å²) < 4.78 is 2.60. The Morgan fingerprint density at radius 3 is 0.765 bits per heavy atom. The van der Waals surface area contributed by atoms with E-state index in [1.165, 1.54) is 66.8 Å². The van der Waals surface area contributed by atoms with Crippen LogP contribution in [0.1, 0.15) is 103 Å². The van der Waals surface area contributed by atoms with Crippen LogP contribution in [0.5, 0.6) is 0 Å². The minimum absolute atomic E-state index is 0.942. The third-order valence-corrected chi connectivity index (χ3v) is 15.4. The number of benzene rings is 10. The van der Waals surface area contributed by atoms with E-state index in [-0.39, 0.29) is 0 Å². The molecule has 0 aliphatic heterocycles. The number of hydrogen-bond acceptors (Lipinski definition) is 2. The van der Waals surface area contributed by atoms with Crippen molar-refractivity contribution in [2.24, 2.45) is 0 Å². The normalized spacial score (nSPS) is 11.0. The molecule has 0 fully saturated rings. The highest BCUT2D eigenvalue weighted by molar-refractivity contribution is 6.10. The lowest BCUT2D eigenvalue weighted by atomic mass is 9.97. The van der Waals surface area contributed by atoms with E-state index >= 15 is 0 Å². The molecule has 0 saturated carbocycles. The smallest absolute Gasteiger partial charge is 0.0492 e. The van der Waals surface area contributed by atoms with E-state index in [1.807, 2.05) is 0 Å². The Kier molecular flexibility index (Phi) is 17.8. The van der Waals surface area contributed by atoms with Crippen LogP contribution in [-0.2, 0) is 6.54 Å². The zero-order chi connectivity index (χ0) is 54.8. The van der Waals surface area contributed by atoms with Gasteiger partial charge in [0.15, 0.2) is 0 Å². The molecule has 398 valence electrons. The van der Waals surface area contributed by atoms with Gasteiger partial charge in [-0.15, -0.1) is 0 Å². The zero-order valence-electron chi connectivity index (χ0n) is 46.6. The Balaban J connectivity index is 1.15. The number of unbranched alkanes of at least 4 members (excludes halogenated alkanes) is 7. The molecule has 1 aromatic heterocycles. The van der Waals surface area contributed by atoms with E-state index in [0.29, 0.717) is 0 Å². The number of nitrogens with zero attached hydrogens (tertiary/aromatic N) is 3. The van der Waals surface area contributed by atoms with E-state index in [9.17, 15) is 0 Å². The van der Waals surface area contributed by atoms with Crippen LogP contribution in [0.25, 0.3) is 44.1 Å². The molecule has 0 saturated heterocycles. The van der Waals surface area contributed by atoms with Gasteiger partial charge in [0.25, 0.3) is 0 Å². The molecular weight excluding hydrogens is 979 g/mol. The van der Waals surface area contributed by atoms with E-state index in [2.05, 4.69) is 325 Å². The monoisotopic (exact) mass is 1050 g/mol. The van der Waals surface area contributed by atoms with Gasteiger partial charge in [-0.1, -0.05) is 295 Å². The molecule has 0 unspecified atom stereocenters. The second-order valence-corrected chi connectivity index (χ2v) is 20.9. The molecule has 0 aliphatic rings. The van der Waals surface area contributed by atoms with E-state index in [0.717, 1.165) is 91.1 Å². The summed E-state index contributed by atoms with van der Waals surface area (Å²) in [4.78, 5) is 4.73. The molecule has 3 nitrogen and oxygen atoms in total. The lowest BCUT2D eigenvalue weighted by Crippen LogP contribution is -2.11. The second kappa shape index (κ2) is 26.9. The van der Waals surface area contributed by atoms with Crippen LogP contribution in [-0.4, -0.2) is 4.57 Å². The summed E-state index contributed by atoms with van der Waals surface area (Å²) in [5.74, 6) is 0. The van der Waals surface area contributed by atoms with Gasteiger partial charge in [-0.3, -0.25) is 0 Å². The van der Waals surface area contributed by atoms with Crippen molar-refractivity contribution in [3.63, 3.8) is 0 Å². The van der Waals surface area contributed by atoms with Crippen LogP contribution in [0.2, 0.25) is 0 Å². The summed E-state index contributed by atoms with van der Waals surface area (Å²) in [6, 6.07) is 101. The van der Waals surface area contributed by atoms with Crippen LogP contribution in [0, 0.1) is 0 Å². The van der Waals surface area contributed by atoms with E-state index in [4.69, 9.17) is 0 Å². The molecule has 10 aromatic carbocycles. The summed E-state index contributed by atoms with van der Waals surface area (Å²) in [6.07, 6.45) is 19.5. The fourth-order valence-corrected chi connectivity index (χ4v) is 11.2. The lowest BCUT2D eigenvalue weighted by Gasteiger charge is -2.23. The van der Waals surface area contributed by atoms with Gasteiger partial charge in [-0.2, -0.15) is 0 Å². The van der Waals surface area contributed by atoms with Crippen molar-refractivity contribution in [2.45, 2.75) is 64.8 Å². The Hall–Kier alpha value is -9.44. The summed E-state index contributed by atoms with van der Waals surface area (Å²) in [5, 5.41) is 2.42. The van der Waals surface area contributed by atoms with Gasteiger partial charge < -0.3 is 14.4 Å². The van der Waals surface area contributed by atoms with E-state index < -0.39 is 0 Å². The summed E-state index contributed by atoms with van der Waals surface area (Å²) in [7, 11) is 0. The van der Waals surface area contributed by atoms with Crippen molar-refractivity contribution in [1.82, 2.24) is 4.57 Å². The molecule has 11 rings (SSSR count). The van der Waals surface area contributed by atoms with Crippen molar-refractivity contribution in [1.29, 1.82) is 0 Å². The first-order chi connectivity index (χ1) is 40.2. The number of fused-ring (bicyclic) bond motifs is 3. The molecule has 3 heteroatoms. The Labute approximate surface area is 480 Å². The third kappa shape index (κ3) is 13.2. The molecule has 0 bridgehead atoms. The molecule has 0 atom stereocenters. The molecular formula is C78H71N3. The Morgan fingerprint density at radius 1 is 0.284 bits per heavy atom. The van der Waals surface area contributed by atoms with Gasteiger partial charge in [-0.25, -0.2) is 0 Å². The maximum Gasteiger partial charge on any atom is 0.0492 e. The van der Waals surface area contributed by atoms with Crippen molar-refractivity contribution in [3.8, 4) is 0 Å². The topological polar surface area (TPSA) is 11.4 Å². The van der Waals surface area contributed by atoms with Crippen LogP contribution < -0.4 is 9.80 Å². The van der Waals surface area contributed by atoms with Crippen LogP contribution >= 0.6 is 0 Å². The van der Waals surface area contributed by atoms with Gasteiger partial charge in [-0.05, 0) is 87.3 Å². The number of aromatic nitrogens is 1. The molecule has 0 N–H and O–H groups in total. The summed E-state index contributed by atoms with van der Waals surface area (Å²) in [5.41, 5.74) is 18.3. The minimum Gasteiger partial charge on any atom is -0.340 e. The summed E-state index contributed by atoms with van der Waals surface area (Å²) >= 11 is 0. The largest absolute Gasteiger partial charge is 0.340 e. The fraction of sp³-hybridized carbons (Fsp3) is 0.128. The van der Waals surface area contributed by atoms with Crippen molar-refractivity contribution in [3.05, 3.63) is 348 Å². The molecule has 0 spiro atoms. The fourth-order valence-electron chi connectivity index (χ4n) is 11.2. The standard InChI is InChI=1S/C78H71N3/c1-2-3-4-5-6-7-8-33-54-81-77-52-50-69(79(57-73(61-34-17-9-18-35-61)62-36-19-10-20-37-62)58-74(63-38-21-11-22-39-63)64-40-23-12-24-41-64)55-71(77)72-56-70(51-53-78(72)81)80(59-75(65-42-25-13-26-43-65)66-44-27-14-28-45-66)60-76(67-46-29-15-30-47-67)68-48-31-16-32-49-68/h9-32,34-53,55-60H,2-8,33,54H2,1H3. The van der Waals surface area contributed by atoms with Crippen LogP contribution in [0.15, 0.2) is 304 Å². The molecule has 81 heavy (non-hydrogen) atoms. The molecule has 0 aliphatic carbocycles. The highest BCUT2D eigenvalue weighted by Crippen LogP contribution is 2.39. The van der Waals surface area contributed by atoms with Gasteiger partial charge in [0.2, 0.25) is 0 Å². The molecule has 1 heterocycles. The summed E-state index contributed by atoms with van der Waals surface area (Å²) in [6.45, 7) is 3.24. The van der Waals surface area contributed by atoms with Gasteiger partial charge in [0.05, 0.1) is 0 Å². The first kappa shape index (κ1) is 53.6. The van der Waals surface area contributed by atoms with Crippen molar-refractivity contribution >= 4 is 55.5 Å². The molecule has 11 aromatic rings. The average Bonchev–Trinajstić information content (AvgIpc) is 4.13.